The highest BCUT2D eigenvalue weighted by Crippen LogP contribution is 2.26. The average Bonchev–Trinajstić information content (AvgIpc) is 2.75. The Labute approximate surface area is 129 Å². The second kappa shape index (κ2) is 6.32. The fourth-order valence-corrected chi connectivity index (χ4v) is 3.38. The van der Waals surface area contributed by atoms with Crippen molar-refractivity contribution in [1.82, 2.24) is 5.32 Å². The van der Waals surface area contributed by atoms with Gasteiger partial charge in [-0.05, 0) is 70.8 Å². The molecule has 0 spiro atoms. The number of thiophene rings is 1. The molecule has 0 aliphatic heterocycles. The Morgan fingerprint density at radius 2 is 2.22 bits per heavy atom. The Balaban J connectivity index is 2.20. The Hall–Kier alpha value is -0.170. The first-order chi connectivity index (χ1) is 8.60. The monoisotopic (exact) mass is 395 g/mol. The summed E-state index contributed by atoms with van der Waals surface area (Å²) in [5, 5.41) is 5.77. The molecule has 1 nitrogen and oxygen atoms in total. The Morgan fingerprint density at radius 1 is 1.44 bits per heavy atom. The van der Waals surface area contributed by atoms with Gasteiger partial charge in [-0.2, -0.15) is 0 Å². The minimum Gasteiger partial charge on any atom is -0.313 e. The van der Waals surface area contributed by atoms with Gasteiger partial charge in [0.2, 0.25) is 0 Å². The smallest absolute Gasteiger partial charge is 0.127 e. The number of rotatable bonds is 4. The van der Waals surface area contributed by atoms with E-state index in [0.29, 0.717) is 17.0 Å². The molecule has 0 radical (unpaired) electrons. The van der Waals surface area contributed by atoms with Crippen LogP contribution in [0.1, 0.15) is 17.2 Å². The van der Waals surface area contributed by atoms with E-state index in [1.54, 1.807) is 23.5 Å². The molecule has 18 heavy (non-hydrogen) atoms. The van der Waals surface area contributed by atoms with E-state index in [0.717, 1.165) is 0 Å². The lowest BCUT2D eigenvalue weighted by molar-refractivity contribution is 0.555. The normalized spacial score (nSPS) is 12.7. The zero-order chi connectivity index (χ0) is 13.1. The van der Waals surface area contributed by atoms with Gasteiger partial charge < -0.3 is 5.32 Å². The minimum atomic E-state index is -0.243. The summed E-state index contributed by atoms with van der Waals surface area (Å²) >= 11 is 9.74. The number of likely N-dealkylation sites (N-methyl/N-ethyl adjacent to an activating group) is 1. The topological polar surface area (TPSA) is 12.0 Å². The van der Waals surface area contributed by atoms with Crippen LogP contribution in [0, 0.1) is 8.70 Å². The van der Waals surface area contributed by atoms with E-state index in [4.69, 9.17) is 11.6 Å². The third-order valence-corrected chi connectivity index (χ3v) is 4.82. The first-order valence-electron chi connectivity index (χ1n) is 5.45. The maximum Gasteiger partial charge on any atom is 0.127 e. The van der Waals surface area contributed by atoms with Gasteiger partial charge in [-0.1, -0.05) is 17.7 Å². The van der Waals surface area contributed by atoms with Crippen molar-refractivity contribution in [2.75, 3.05) is 7.05 Å². The van der Waals surface area contributed by atoms with Crippen LogP contribution in [0.3, 0.4) is 0 Å². The molecule has 0 fully saturated rings. The van der Waals surface area contributed by atoms with E-state index >= 15 is 0 Å². The first-order valence-corrected chi connectivity index (χ1v) is 7.79. The summed E-state index contributed by atoms with van der Waals surface area (Å²) < 4.78 is 15.0. The van der Waals surface area contributed by atoms with Crippen molar-refractivity contribution in [1.29, 1.82) is 0 Å². The lowest BCUT2D eigenvalue weighted by Gasteiger charge is -2.15. The first kappa shape index (κ1) is 14.2. The number of hydrogen-bond acceptors (Lipinski definition) is 2. The third-order valence-electron chi connectivity index (χ3n) is 2.78. The fourth-order valence-electron chi connectivity index (χ4n) is 1.80. The second-order valence-corrected chi connectivity index (χ2v) is 7.21. The average molecular weight is 396 g/mol. The van der Waals surface area contributed by atoms with Crippen molar-refractivity contribution < 1.29 is 4.39 Å². The molecule has 5 heteroatoms. The van der Waals surface area contributed by atoms with Crippen LogP contribution in [0.4, 0.5) is 4.39 Å². The third kappa shape index (κ3) is 3.44. The SMILES string of the molecule is CNC(Cc1ccc(Cl)cc1F)c1csc(I)c1. The number of nitrogens with one attached hydrogen (secondary N) is 1. The largest absolute Gasteiger partial charge is 0.313 e. The lowest BCUT2D eigenvalue weighted by atomic mass is 10.0. The van der Waals surface area contributed by atoms with Crippen molar-refractivity contribution in [3.63, 3.8) is 0 Å². The molecule has 0 aliphatic rings. The molecule has 0 saturated heterocycles. The van der Waals surface area contributed by atoms with E-state index in [2.05, 4.69) is 39.4 Å². The standard InChI is InChI=1S/C13H12ClFINS/c1-17-12(9-5-13(16)18-7-9)4-8-2-3-10(14)6-11(8)15/h2-3,5-7,12,17H,4H2,1H3. The van der Waals surface area contributed by atoms with Gasteiger partial charge in [-0.3, -0.25) is 0 Å². The van der Waals surface area contributed by atoms with Crippen molar-refractivity contribution in [3.8, 4) is 0 Å². The molecule has 1 N–H and O–H groups in total. The molecule has 0 bridgehead atoms. The summed E-state index contributed by atoms with van der Waals surface area (Å²) in [6, 6.07) is 7.09. The maximum absolute atomic E-state index is 13.8. The second-order valence-electron chi connectivity index (χ2n) is 3.97. The molecule has 2 aromatic rings. The molecule has 1 aromatic carbocycles. The Kier molecular flexibility index (Phi) is 5.00. The number of benzene rings is 1. The van der Waals surface area contributed by atoms with Crippen LogP contribution in [0.2, 0.25) is 5.02 Å². The number of halogens is 3. The molecule has 1 heterocycles. The van der Waals surface area contributed by atoms with Crippen molar-refractivity contribution in [2.24, 2.45) is 0 Å². The van der Waals surface area contributed by atoms with Gasteiger partial charge in [0.05, 0.1) is 2.88 Å². The van der Waals surface area contributed by atoms with Gasteiger partial charge in [0.1, 0.15) is 5.82 Å². The summed E-state index contributed by atoms with van der Waals surface area (Å²) in [7, 11) is 1.89. The lowest BCUT2D eigenvalue weighted by Crippen LogP contribution is -2.18. The van der Waals surface area contributed by atoms with E-state index in [-0.39, 0.29) is 11.9 Å². The van der Waals surface area contributed by atoms with Gasteiger partial charge in [-0.15, -0.1) is 11.3 Å². The summed E-state index contributed by atoms with van der Waals surface area (Å²) in [4.78, 5) is 0. The summed E-state index contributed by atoms with van der Waals surface area (Å²) in [5.74, 6) is -0.243. The van der Waals surface area contributed by atoms with Gasteiger partial charge in [0.25, 0.3) is 0 Å². The zero-order valence-electron chi connectivity index (χ0n) is 9.71. The molecule has 0 amide bonds. The van der Waals surface area contributed by atoms with Crippen molar-refractivity contribution in [2.45, 2.75) is 12.5 Å². The van der Waals surface area contributed by atoms with Crippen molar-refractivity contribution in [3.05, 3.63) is 54.5 Å². The highest BCUT2D eigenvalue weighted by atomic mass is 127. The van der Waals surface area contributed by atoms with Gasteiger partial charge >= 0.3 is 0 Å². The van der Waals surface area contributed by atoms with Crippen LogP contribution in [-0.2, 0) is 6.42 Å². The van der Waals surface area contributed by atoms with E-state index in [1.165, 1.54) is 14.5 Å². The van der Waals surface area contributed by atoms with E-state index in [9.17, 15) is 4.39 Å². The van der Waals surface area contributed by atoms with E-state index in [1.807, 2.05) is 7.05 Å². The molecule has 1 atom stereocenters. The van der Waals surface area contributed by atoms with Crippen molar-refractivity contribution >= 4 is 45.5 Å². The molecular formula is C13H12ClFINS. The fraction of sp³-hybridized carbons (Fsp3) is 0.231. The molecule has 1 unspecified atom stereocenters. The van der Waals surface area contributed by atoms with Crippen LogP contribution < -0.4 is 5.32 Å². The highest BCUT2D eigenvalue weighted by Gasteiger charge is 2.14. The minimum absolute atomic E-state index is 0.125. The molecule has 0 aliphatic carbocycles. The predicted molar refractivity (Wildman–Crippen MR) is 84.0 cm³/mol. The maximum atomic E-state index is 13.8. The Bertz CT molecular complexity index is 544. The quantitative estimate of drug-likeness (QED) is 0.743. The molecule has 2 rings (SSSR count). The van der Waals surface area contributed by atoms with Gasteiger partial charge in [0, 0.05) is 11.1 Å². The molecule has 0 saturated carbocycles. The van der Waals surface area contributed by atoms with Gasteiger partial charge in [0.15, 0.2) is 0 Å². The van der Waals surface area contributed by atoms with Crippen LogP contribution in [-0.4, -0.2) is 7.05 Å². The van der Waals surface area contributed by atoms with E-state index < -0.39 is 0 Å². The summed E-state index contributed by atoms with van der Waals surface area (Å²) in [6.45, 7) is 0. The van der Waals surface area contributed by atoms with Crippen LogP contribution in [0.15, 0.2) is 29.6 Å². The molecule has 1 aromatic heterocycles. The van der Waals surface area contributed by atoms with Crippen LogP contribution in [0.25, 0.3) is 0 Å². The predicted octanol–water partition coefficient (Wildman–Crippen LogP) is 4.65. The zero-order valence-corrected chi connectivity index (χ0v) is 13.4. The molecular weight excluding hydrogens is 384 g/mol. The van der Waals surface area contributed by atoms with Crippen LogP contribution >= 0.6 is 45.5 Å². The van der Waals surface area contributed by atoms with Gasteiger partial charge in [-0.25, -0.2) is 4.39 Å². The summed E-state index contributed by atoms with van der Waals surface area (Å²) in [6.07, 6.45) is 0.617. The number of hydrogen-bond donors (Lipinski definition) is 1. The molecule has 96 valence electrons. The summed E-state index contributed by atoms with van der Waals surface area (Å²) in [5.41, 5.74) is 1.88. The van der Waals surface area contributed by atoms with Crippen LogP contribution in [0.5, 0.6) is 0 Å². The highest BCUT2D eigenvalue weighted by molar-refractivity contribution is 14.1. The Morgan fingerprint density at radius 3 is 2.78 bits per heavy atom.